The van der Waals surface area contributed by atoms with Gasteiger partial charge in [0.2, 0.25) is 6.29 Å². The molecule has 0 saturated carbocycles. The highest BCUT2D eigenvalue weighted by Gasteiger charge is 2.41. The number of amides is 1. The van der Waals surface area contributed by atoms with E-state index in [-0.39, 0.29) is 5.78 Å². The molecule has 5 heteroatoms. The van der Waals surface area contributed by atoms with Crippen LogP contribution in [0.5, 0.6) is 0 Å². The van der Waals surface area contributed by atoms with Crippen molar-refractivity contribution in [1.82, 2.24) is 4.90 Å². The smallest absolute Gasteiger partial charge is 0.412 e. The second kappa shape index (κ2) is 8.40. The number of benzene rings is 2. The first-order valence-corrected chi connectivity index (χ1v) is 9.50. The van der Waals surface area contributed by atoms with E-state index in [2.05, 4.69) is 0 Å². The van der Waals surface area contributed by atoms with E-state index in [1.54, 1.807) is 11.8 Å². The molecule has 0 aliphatic carbocycles. The third-order valence-electron chi connectivity index (χ3n) is 5.01. The maximum atomic E-state index is 12.6. The van der Waals surface area contributed by atoms with E-state index in [1.165, 1.54) is 12.2 Å². The number of nitrogens with zero attached hydrogens (tertiary/aromatic N) is 1. The van der Waals surface area contributed by atoms with Crippen molar-refractivity contribution >= 4 is 11.9 Å². The summed E-state index contributed by atoms with van der Waals surface area (Å²) in [6.45, 7) is 6.55. The summed E-state index contributed by atoms with van der Waals surface area (Å²) in [5.41, 5.74) is 1.65. The minimum atomic E-state index is -1.21. The van der Waals surface area contributed by atoms with Gasteiger partial charge in [0.05, 0.1) is 0 Å². The largest absolute Gasteiger partial charge is 0.416 e. The number of hydrogen-bond acceptors (Lipinski definition) is 4. The lowest BCUT2D eigenvalue weighted by Crippen LogP contribution is -2.44. The highest BCUT2D eigenvalue weighted by atomic mass is 16.7. The molecule has 1 amide bonds. The molecule has 0 radical (unpaired) electrons. The molecule has 0 bridgehead atoms. The van der Waals surface area contributed by atoms with Crippen molar-refractivity contribution in [3.63, 3.8) is 0 Å². The van der Waals surface area contributed by atoms with Gasteiger partial charge in [-0.3, -0.25) is 4.79 Å². The Kier molecular flexibility index (Phi) is 5.95. The second-order valence-electron chi connectivity index (χ2n) is 6.74. The lowest BCUT2D eigenvalue weighted by atomic mass is 9.88. The van der Waals surface area contributed by atoms with Gasteiger partial charge >= 0.3 is 6.09 Å². The Morgan fingerprint density at radius 1 is 1.04 bits per heavy atom. The number of ketones is 1. The number of ether oxygens (including phenoxy) is 2. The van der Waals surface area contributed by atoms with Crippen molar-refractivity contribution in [3.8, 4) is 11.1 Å². The van der Waals surface area contributed by atoms with E-state index in [9.17, 15) is 9.59 Å². The molecule has 2 aromatic rings. The average Bonchev–Trinajstić information content (AvgIpc) is 2.72. The molecule has 0 N–H and O–H groups in total. The van der Waals surface area contributed by atoms with E-state index in [0.717, 1.165) is 11.1 Å². The van der Waals surface area contributed by atoms with Crippen LogP contribution in [0.15, 0.2) is 66.7 Å². The van der Waals surface area contributed by atoms with Crippen molar-refractivity contribution in [1.29, 1.82) is 0 Å². The summed E-state index contributed by atoms with van der Waals surface area (Å²) in [5, 5.41) is 0. The van der Waals surface area contributed by atoms with Crippen LogP contribution < -0.4 is 0 Å². The van der Waals surface area contributed by atoms with Crippen LogP contribution in [0.25, 0.3) is 11.1 Å². The zero-order valence-corrected chi connectivity index (χ0v) is 16.4. The SMILES string of the molecule is CCN(CC)C(=O)O[C@H]1C=CC(=O)[C@@](C)(c2ccc(-c3ccccc3)cc2)O1. The van der Waals surface area contributed by atoms with Gasteiger partial charge in [-0.15, -0.1) is 0 Å². The van der Waals surface area contributed by atoms with Crippen molar-refractivity contribution in [2.24, 2.45) is 0 Å². The van der Waals surface area contributed by atoms with Gasteiger partial charge in [0.25, 0.3) is 0 Å². The Hall–Kier alpha value is -2.92. The predicted octanol–water partition coefficient (Wildman–Crippen LogP) is 4.53. The molecule has 0 aromatic heterocycles. The monoisotopic (exact) mass is 379 g/mol. The van der Waals surface area contributed by atoms with E-state index in [4.69, 9.17) is 9.47 Å². The van der Waals surface area contributed by atoms with Crippen LogP contribution in [0, 0.1) is 0 Å². The quantitative estimate of drug-likeness (QED) is 0.766. The number of hydrogen-bond donors (Lipinski definition) is 0. The molecule has 2 atom stereocenters. The molecule has 2 aromatic carbocycles. The molecule has 3 rings (SSSR count). The molecule has 1 aliphatic rings. The van der Waals surface area contributed by atoms with E-state index in [0.29, 0.717) is 18.7 Å². The van der Waals surface area contributed by atoms with Gasteiger partial charge < -0.3 is 14.4 Å². The number of carbonyl (C=O) groups excluding carboxylic acids is 2. The normalized spacial score (nSPS) is 21.4. The number of rotatable bonds is 5. The van der Waals surface area contributed by atoms with E-state index in [1.807, 2.05) is 68.4 Å². The third-order valence-corrected chi connectivity index (χ3v) is 5.01. The van der Waals surface area contributed by atoms with Crippen LogP contribution in [0.1, 0.15) is 26.3 Å². The average molecular weight is 379 g/mol. The molecule has 28 heavy (non-hydrogen) atoms. The van der Waals surface area contributed by atoms with Crippen molar-refractivity contribution in [2.45, 2.75) is 32.7 Å². The lowest BCUT2D eigenvalue weighted by molar-refractivity contribution is -0.179. The van der Waals surface area contributed by atoms with Crippen LogP contribution in [0.4, 0.5) is 4.79 Å². The van der Waals surface area contributed by atoms with Crippen LogP contribution in [-0.4, -0.2) is 36.2 Å². The van der Waals surface area contributed by atoms with Crippen LogP contribution in [-0.2, 0) is 19.9 Å². The third kappa shape index (κ3) is 3.99. The van der Waals surface area contributed by atoms with Gasteiger partial charge in [-0.25, -0.2) is 4.79 Å². The van der Waals surface area contributed by atoms with Crippen LogP contribution in [0.3, 0.4) is 0 Å². The molecule has 0 saturated heterocycles. The Morgan fingerprint density at radius 2 is 1.64 bits per heavy atom. The molecular formula is C23H25NO4. The van der Waals surface area contributed by atoms with E-state index >= 15 is 0 Å². The Labute approximate surface area is 165 Å². The fraction of sp³-hybridized carbons (Fsp3) is 0.304. The highest BCUT2D eigenvalue weighted by molar-refractivity contribution is 5.98. The minimum Gasteiger partial charge on any atom is -0.416 e. The lowest BCUT2D eigenvalue weighted by Gasteiger charge is -2.34. The van der Waals surface area contributed by atoms with Gasteiger partial charge in [-0.05, 0) is 49.6 Å². The molecular weight excluding hydrogens is 354 g/mol. The fourth-order valence-electron chi connectivity index (χ4n) is 3.20. The highest BCUT2D eigenvalue weighted by Crippen LogP contribution is 2.33. The Morgan fingerprint density at radius 3 is 2.25 bits per heavy atom. The molecule has 146 valence electrons. The molecule has 0 spiro atoms. The molecule has 0 unspecified atom stereocenters. The summed E-state index contributed by atoms with van der Waals surface area (Å²) in [7, 11) is 0. The predicted molar refractivity (Wildman–Crippen MR) is 108 cm³/mol. The summed E-state index contributed by atoms with van der Waals surface area (Å²) in [5.74, 6) is -0.185. The zero-order valence-electron chi connectivity index (χ0n) is 16.4. The summed E-state index contributed by atoms with van der Waals surface area (Å²) < 4.78 is 11.3. The topological polar surface area (TPSA) is 55.8 Å². The first-order chi connectivity index (χ1) is 13.5. The maximum absolute atomic E-state index is 12.6. The standard InChI is InChI=1S/C23H25NO4/c1-4-24(5-2)22(26)27-21-16-15-20(25)23(3,28-21)19-13-11-18(12-14-19)17-9-7-6-8-10-17/h6-16,21H,4-5H2,1-3H3/t21-,23-/m1/s1. The van der Waals surface area contributed by atoms with Crippen LogP contribution in [0.2, 0.25) is 0 Å². The van der Waals surface area contributed by atoms with Gasteiger partial charge in [0.1, 0.15) is 0 Å². The summed E-state index contributed by atoms with van der Waals surface area (Å²) in [6.07, 6.45) is 1.53. The second-order valence-corrected chi connectivity index (χ2v) is 6.74. The summed E-state index contributed by atoms with van der Waals surface area (Å²) >= 11 is 0. The van der Waals surface area contributed by atoms with Gasteiger partial charge in [0, 0.05) is 13.1 Å². The molecule has 5 nitrogen and oxygen atoms in total. The Balaban J connectivity index is 1.79. The van der Waals surface area contributed by atoms with Crippen molar-refractivity contribution in [2.75, 3.05) is 13.1 Å². The van der Waals surface area contributed by atoms with Crippen molar-refractivity contribution < 1.29 is 19.1 Å². The van der Waals surface area contributed by atoms with Crippen molar-refractivity contribution in [3.05, 3.63) is 72.3 Å². The first-order valence-electron chi connectivity index (χ1n) is 9.50. The zero-order chi connectivity index (χ0) is 20.1. The first kappa shape index (κ1) is 19.8. The Bertz CT molecular complexity index is 856. The van der Waals surface area contributed by atoms with Crippen LogP contribution >= 0.6 is 0 Å². The van der Waals surface area contributed by atoms with E-state index < -0.39 is 18.0 Å². The van der Waals surface area contributed by atoms with Gasteiger partial charge in [-0.2, -0.15) is 0 Å². The summed E-state index contributed by atoms with van der Waals surface area (Å²) in [6, 6.07) is 17.7. The molecule has 0 fully saturated rings. The molecule has 1 aliphatic heterocycles. The number of carbonyl (C=O) groups is 2. The maximum Gasteiger partial charge on any atom is 0.412 e. The van der Waals surface area contributed by atoms with Gasteiger partial charge in [-0.1, -0.05) is 54.6 Å². The van der Waals surface area contributed by atoms with Gasteiger partial charge in [0.15, 0.2) is 11.4 Å². The molecule has 1 heterocycles. The fourth-order valence-corrected chi connectivity index (χ4v) is 3.20. The minimum absolute atomic E-state index is 0.185. The summed E-state index contributed by atoms with van der Waals surface area (Å²) in [4.78, 5) is 26.4.